The summed E-state index contributed by atoms with van der Waals surface area (Å²) in [5.41, 5.74) is 1.26. The van der Waals surface area contributed by atoms with E-state index in [2.05, 4.69) is 35.0 Å². The van der Waals surface area contributed by atoms with Crippen molar-refractivity contribution < 1.29 is 4.74 Å². The third kappa shape index (κ3) is 3.82. The summed E-state index contributed by atoms with van der Waals surface area (Å²) in [6.45, 7) is 8.18. The minimum absolute atomic E-state index is 0.413. The predicted octanol–water partition coefficient (Wildman–Crippen LogP) is 1.81. The third-order valence-electron chi connectivity index (χ3n) is 3.04. The molecule has 96 valence electrons. The summed E-state index contributed by atoms with van der Waals surface area (Å²) >= 11 is 0. The van der Waals surface area contributed by atoms with Crippen molar-refractivity contribution >= 4 is 0 Å². The van der Waals surface area contributed by atoms with Crippen molar-refractivity contribution in [2.45, 2.75) is 45.9 Å². The highest BCUT2D eigenvalue weighted by atomic mass is 16.5. The molecular weight excluding hydrogens is 214 g/mol. The maximum Gasteiger partial charge on any atom is 0.0700 e. The van der Waals surface area contributed by atoms with Gasteiger partial charge in [-0.15, -0.1) is 0 Å². The summed E-state index contributed by atoms with van der Waals surface area (Å²) in [6.07, 6.45) is 4.69. The summed E-state index contributed by atoms with van der Waals surface area (Å²) in [5, 5.41) is 7.81. The lowest BCUT2D eigenvalue weighted by atomic mass is 10.2. The van der Waals surface area contributed by atoms with Crippen LogP contribution in [0.25, 0.3) is 0 Å². The van der Waals surface area contributed by atoms with Gasteiger partial charge >= 0.3 is 0 Å². The van der Waals surface area contributed by atoms with Gasteiger partial charge in [-0.2, -0.15) is 5.10 Å². The fraction of sp³-hybridized carbons (Fsp3) is 0.769. The monoisotopic (exact) mass is 237 g/mol. The Morgan fingerprint density at radius 2 is 2.47 bits per heavy atom. The first-order valence-electron chi connectivity index (χ1n) is 6.58. The topological polar surface area (TPSA) is 39.1 Å². The Kier molecular flexibility index (Phi) is 4.57. The van der Waals surface area contributed by atoms with Crippen LogP contribution >= 0.6 is 0 Å². The number of nitrogens with one attached hydrogen (secondary N) is 1. The maximum atomic E-state index is 5.58. The number of hydrogen-bond acceptors (Lipinski definition) is 3. The minimum Gasteiger partial charge on any atom is -0.377 e. The molecular formula is C13H23N3O. The van der Waals surface area contributed by atoms with E-state index in [1.54, 1.807) is 0 Å². The normalized spacial score (nSPS) is 20.3. The zero-order valence-corrected chi connectivity index (χ0v) is 10.9. The molecule has 4 nitrogen and oxygen atoms in total. The fourth-order valence-corrected chi connectivity index (χ4v) is 2.19. The van der Waals surface area contributed by atoms with Crippen LogP contribution in [0.3, 0.4) is 0 Å². The van der Waals surface area contributed by atoms with E-state index in [1.807, 2.05) is 6.20 Å². The Balaban J connectivity index is 1.75. The molecule has 2 rings (SSSR count). The number of hydrogen-bond donors (Lipinski definition) is 1. The SMILES string of the molecule is CC(C)Cn1nccc1CNCC1CCCO1. The van der Waals surface area contributed by atoms with E-state index in [-0.39, 0.29) is 0 Å². The lowest BCUT2D eigenvalue weighted by Gasteiger charge is -2.13. The molecule has 0 spiro atoms. The van der Waals surface area contributed by atoms with Gasteiger partial charge < -0.3 is 10.1 Å². The van der Waals surface area contributed by atoms with E-state index < -0.39 is 0 Å². The average Bonchev–Trinajstić information content (AvgIpc) is 2.90. The highest BCUT2D eigenvalue weighted by molar-refractivity contribution is 5.00. The molecule has 0 aliphatic carbocycles. The van der Waals surface area contributed by atoms with Crippen molar-refractivity contribution in [3.8, 4) is 0 Å². The molecule has 1 aliphatic heterocycles. The first-order chi connectivity index (χ1) is 8.25. The Morgan fingerprint density at radius 1 is 1.59 bits per heavy atom. The van der Waals surface area contributed by atoms with Crippen molar-refractivity contribution in [3.63, 3.8) is 0 Å². The van der Waals surface area contributed by atoms with Gasteiger partial charge in [0.2, 0.25) is 0 Å². The molecule has 0 saturated carbocycles. The molecule has 0 bridgehead atoms. The van der Waals surface area contributed by atoms with Gasteiger partial charge in [0.15, 0.2) is 0 Å². The second-order valence-electron chi connectivity index (χ2n) is 5.16. The number of aromatic nitrogens is 2. The minimum atomic E-state index is 0.413. The van der Waals surface area contributed by atoms with Gasteiger partial charge in [-0.05, 0) is 24.8 Å². The van der Waals surface area contributed by atoms with Crippen molar-refractivity contribution in [2.24, 2.45) is 5.92 Å². The number of rotatable bonds is 6. The van der Waals surface area contributed by atoms with Gasteiger partial charge in [-0.3, -0.25) is 4.68 Å². The van der Waals surface area contributed by atoms with Crippen molar-refractivity contribution in [1.29, 1.82) is 0 Å². The highest BCUT2D eigenvalue weighted by Crippen LogP contribution is 2.11. The molecule has 1 aliphatic rings. The lowest BCUT2D eigenvalue weighted by Crippen LogP contribution is -2.27. The molecule has 0 radical (unpaired) electrons. The molecule has 1 atom stereocenters. The van der Waals surface area contributed by atoms with Gasteiger partial charge in [0, 0.05) is 32.4 Å². The van der Waals surface area contributed by atoms with Crippen LogP contribution in [0, 0.1) is 5.92 Å². The lowest BCUT2D eigenvalue weighted by molar-refractivity contribution is 0.109. The Morgan fingerprint density at radius 3 is 3.18 bits per heavy atom. The molecule has 1 unspecified atom stereocenters. The molecule has 0 amide bonds. The van der Waals surface area contributed by atoms with Crippen LogP contribution in [0.4, 0.5) is 0 Å². The van der Waals surface area contributed by atoms with Crippen LogP contribution in [-0.4, -0.2) is 29.0 Å². The van der Waals surface area contributed by atoms with E-state index >= 15 is 0 Å². The summed E-state index contributed by atoms with van der Waals surface area (Å²) < 4.78 is 7.67. The van der Waals surface area contributed by atoms with Gasteiger partial charge in [-0.25, -0.2) is 0 Å². The molecule has 17 heavy (non-hydrogen) atoms. The van der Waals surface area contributed by atoms with E-state index in [0.29, 0.717) is 12.0 Å². The zero-order chi connectivity index (χ0) is 12.1. The standard InChI is InChI=1S/C13H23N3O/c1-11(2)10-16-12(5-6-15-16)8-14-9-13-4-3-7-17-13/h5-6,11,13-14H,3-4,7-10H2,1-2H3. The predicted molar refractivity (Wildman–Crippen MR) is 67.7 cm³/mol. The Bertz CT molecular complexity index is 329. The molecule has 1 fully saturated rings. The van der Waals surface area contributed by atoms with Crippen LogP contribution in [0.1, 0.15) is 32.4 Å². The number of ether oxygens (including phenoxy) is 1. The van der Waals surface area contributed by atoms with Crippen molar-refractivity contribution in [1.82, 2.24) is 15.1 Å². The van der Waals surface area contributed by atoms with E-state index in [4.69, 9.17) is 4.74 Å². The molecule has 1 aromatic rings. The van der Waals surface area contributed by atoms with E-state index in [9.17, 15) is 0 Å². The number of nitrogens with zero attached hydrogens (tertiary/aromatic N) is 2. The summed E-state index contributed by atoms with van der Waals surface area (Å²) in [4.78, 5) is 0. The quantitative estimate of drug-likeness (QED) is 0.820. The second-order valence-corrected chi connectivity index (χ2v) is 5.16. The van der Waals surface area contributed by atoms with Crippen LogP contribution in [0.15, 0.2) is 12.3 Å². The molecule has 1 saturated heterocycles. The van der Waals surface area contributed by atoms with Gasteiger partial charge in [0.25, 0.3) is 0 Å². The first kappa shape index (κ1) is 12.6. The second kappa shape index (κ2) is 6.17. The molecule has 2 heterocycles. The largest absolute Gasteiger partial charge is 0.377 e. The Labute approximate surface area is 103 Å². The first-order valence-corrected chi connectivity index (χ1v) is 6.58. The van der Waals surface area contributed by atoms with Crippen LogP contribution in [0.2, 0.25) is 0 Å². The fourth-order valence-electron chi connectivity index (χ4n) is 2.19. The zero-order valence-electron chi connectivity index (χ0n) is 10.9. The van der Waals surface area contributed by atoms with Gasteiger partial charge in [-0.1, -0.05) is 13.8 Å². The van der Waals surface area contributed by atoms with Crippen LogP contribution in [-0.2, 0) is 17.8 Å². The highest BCUT2D eigenvalue weighted by Gasteiger charge is 2.14. The molecule has 0 aromatic carbocycles. The van der Waals surface area contributed by atoms with Crippen LogP contribution < -0.4 is 5.32 Å². The van der Waals surface area contributed by atoms with E-state index in [1.165, 1.54) is 18.5 Å². The molecule has 1 N–H and O–H groups in total. The van der Waals surface area contributed by atoms with Crippen molar-refractivity contribution in [3.05, 3.63) is 18.0 Å². The third-order valence-corrected chi connectivity index (χ3v) is 3.04. The Hall–Kier alpha value is -0.870. The van der Waals surface area contributed by atoms with E-state index in [0.717, 1.165) is 26.2 Å². The van der Waals surface area contributed by atoms with Crippen molar-refractivity contribution in [2.75, 3.05) is 13.2 Å². The van der Waals surface area contributed by atoms with Crippen LogP contribution in [0.5, 0.6) is 0 Å². The van der Waals surface area contributed by atoms with Gasteiger partial charge in [0.1, 0.15) is 0 Å². The molecule has 4 heteroatoms. The smallest absolute Gasteiger partial charge is 0.0700 e. The summed E-state index contributed by atoms with van der Waals surface area (Å²) in [5.74, 6) is 0.631. The molecule has 1 aromatic heterocycles. The summed E-state index contributed by atoms with van der Waals surface area (Å²) in [7, 11) is 0. The van der Waals surface area contributed by atoms with Gasteiger partial charge in [0.05, 0.1) is 11.8 Å². The summed E-state index contributed by atoms with van der Waals surface area (Å²) in [6, 6.07) is 2.09. The average molecular weight is 237 g/mol. The maximum absolute atomic E-state index is 5.58.